The van der Waals surface area contributed by atoms with Crippen LogP contribution in [0.15, 0.2) is 47.4 Å². The minimum atomic E-state index is -0.909. The number of carbonyl (C=O) groups is 2. The smallest absolute Gasteiger partial charge is 0.313 e. The van der Waals surface area contributed by atoms with E-state index in [4.69, 9.17) is 9.47 Å². The van der Waals surface area contributed by atoms with Crippen LogP contribution in [0, 0.1) is 0 Å². The highest BCUT2D eigenvalue weighted by Gasteiger charge is 2.18. The lowest BCUT2D eigenvalue weighted by Crippen LogP contribution is -2.37. The van der Waals surface area contributed by atoms with Gasteiger partial charge in [-0.2, -0.15) is 0 Å². The van der Waals surface area contributed by atoms with Crippen LogP contribution in [0.1, 0.15) is 11.7 Å². The zero-order chi connectivity index (χ0) is 19.8. The van der Waals surface area contributed by atoms with Gasteiger partial charge in [0.2, 0.25) is 0 Å². The van der Waals surface area contributed by atoms with E-state index in [0.717, 1.165) is 4.90 Å². The molecule has 144 valence electrons. The standard InChI is InChI=1S/C19H22N2O5S/c1-25-13-6-9-15(17(10-13)26-2)21-19(24)18(23)20-11-16(22)12-4-7-14(27-3)8-5-12/h4-10,16,22H,11H2,1-3H3,(H,20,23)(H,21,24)/t16-/m1/s1. The van der Waals surface area contributed by atoms with E-state index in [0.29, 0.717) is 22.7 Å². The Labute approximate surface area is 162 Å². The first-order valence-corrected chi connectivity index (χ1v) is 9.34. The van der Waals surface area contributed by atoms with E-state index in [1.807, 2.05) is 18.4 Å². The monoisotopic (exact) mass is 390 g/mol. The molecule has 0 saturated carbocycles. The first kappa shape index (κ1) is 20.6. The lowest BCUT2D eigenvalue weighted by molar-refractivity contribution is -0.136. The maximum atomic E-state index is 12.1. The van der Waals surface area contributed by atoms with Crippen LogP contribution in [0.2, 0.25) is 0 Å². The first-order chi connectivity index (χ1) is 13.0. The van der Waals surface area contributed by atoms with E-state index in [2.05, 4.69) is 10.6 Å². The average Bonchev–Trinajstić information content (AvgIpc) is 2.71. The molecule has 0 aliphatic rings. The van der Waals surface area contributed by atoms with Gasteiger partial charge in [-0.3, -0.25) is 9.59 Å². The van der Waals surface area contributed by atoms with Crippen molar-refractivity contribution in [1.29, 1.82) is 0 Å². The minimum absolute atomic E-state index is 0.0788. The zero-order valence-electron chi connectivity index (χ0n) is 15.3. The van der Waals surface area contributed by atoms with Gasteiger partial charge in [0.15, 0.2) is 0 Å². The van der Waals surface area contributed by atoms with E-state index in [-0.39, 0.29) is 6.54 Å². The quantitative estimate of drug-likeness (QED) is 0.495. The van der Waals surface area contributed by atoms with E-state index in [9.17, 15) is 14.7 Å². The molecule has 0 radical (unpaired) electrons. The lowest BCUT2D eigenvalue weighted by atomic mass is 10.1. The summed E-state index contributed by atoms with van der Waals surface area (Å²) in [6, 6.07) is 12.1. The second kappa shape index (κ2) is 9.84. The summed E-state index contributed by atoms with van der Waals surface area (Å²) in [5, 5.41) is 15.1. The molecule has 0 fully saturated rings. The fourth-order valence-corrected chi connectivity index (χ4v) is 2.70. The molecule has 0 saturated heterocycles. The molecule has 3 N–H and O–H groups in total. The Morgan fingerprint density at radius 3 is 2.37 bits per heavy atom. The van der Waals surface area contributed by atoms with Gasteiger partial charge in [-0.05, 0) is 36.1 Å². The highest BCUT2D eigenvalue weighted by Crippen LogP contribution is 2.28. The third-order valence-electron chi connectivity index (χ3n) is 3.82. The topological polar surface area (TPSA) is 96.9 Å². The number of methoxy groups -OCH3 is 2. The van der Waals surface area contributed by atoms with Crippen LogP contribution < -0.4 is 20.1 Å². The van der Waals surface area contributed by atoms with E-state index >= 15 is 0 Å². The first-order valence-electron chi connectivity index (χ1n) is 8.11. The van der Waals surface area contributed by atoms with Crippen LogP contribution in [0.3, 0.4) is 0 Å². The highest BCUT2D eigenvalue weighted by molar-refractivity contribution is 7.98. The second-order valence-corrected chi connectivity index (χ2v) is 6.40. The molecular formula is C19H22N2O5S. The van der Waals surface area contributed by atoms with Crippen molar-refractivity contribution in [3.8, 4) is 11.5 Å². The predicted molar refractivity (Wildman–Crippen MR) is 104 cm³/mol. The number of amides is 2. The van der Waals surface area contributed by atoms with E-state index < -0.39 is 17.9 Å². The zero-order valence-corrected chi connectivity index (χ0v) is 16.1. The molecule has 0 aliphatic carbocycles. The predicted octanol–water partition coefficient (Wildman–Crippen LogP) is 2.21. The summed E-state index contributed by atoms with van der Waals surface area (Å²) in [6.45, 7) is -0.0788. The van der Waals surface area contributed by atoms with Crippen LogP contribution in [0.25, 0.3) is 0 Å². The second-order valence-electron chi connectivity index (χ2n) is 5.52. The van der Waals surface area contributed by atoms with Crippen molar-refractivity contribution < 1.29 is 24.2 Å². The molecule has 0 bridgehead atoms. The van der Waals surface area contributed by atoms with Crippen LogP contribution in [-0.2, 0) is 9.59 Å². The average molecular weight is 390 g/mol. The molecular weight excluding hydrogens is 368 g/mol. The van der Waals surface area contributed by atoms with Crippen LogP contribution in [-0.4, -0.2) is 43.9 Å². The lowest BCUT2D eigenvalue weighted by Gasteiger charge is -2.14. The van der Waals surface area contributed by atoms with E-state index in [1.165, 1.54) is 14.2 Å². The minimum Gasteiger partial charge on any atom is -0.497 e. The molecule has 7 nitrogen and oxygen atoms in total. The van der Waals surface area contributed by atoms with Gasteiger partial charge >= 0.3 is 11.8 Å². The molecule has 8 heteroatoms. The fraction of sp³-hybridized carbons (Fsp3) is 0.263. The van der Waals surface area contributed by atoms with Gasteiger partial charge in [-0.25, -0.2) is 0 Å². The maximum absolute atomic E-state index is 12.1. The van der Waals surface area contributed by atoms with Gasteiger partial charge in [0.05, 0.1) is 26.0 Å². The number of carbonyl (C=O) groups excluding carboxylic acids is 2. The third kappa shape index (κ3) is 5.63. The molecule has 2 aromatic carbocycles. The van der Waals surface area contributed by atoms with Gasteiger partial charge in [0, 0.05) is 17.5 Å². The summed E-state index contributed by atoms with van der Waals surface area (Å²) in [5.41, 5.74) is 0.997. The SMILES string of the molecule is COc1ccc(NC(=O)C(=O)NC[C@@H](O)c2ccc(SC)cc2)c(OC)c1. The molecule has 0 aliphatic heterocycles. The molecule has 0 spiro atoms. The number of nitrogens with one attached hydrogen (secondary N) is 2. The summed E-state index contributed by atoms with van der Waals surface area (Å²) >= 11 is 1.60. The Bertz CT molecular complexity index is 795. The van der Waals surface area contributed by atoms with Gasteiger partial charge in [0.1, 0.15) is 11.5 Å². The van der Waals surface area contributed by atoms with Crippen LogP contribution >= 0.6 is 11.8 Å². The van der Waals surface area contributed by atoms with Crippen molar-refractivity contribution in [2.75, 3.05) is 32.3 Å². The number of benzene rings is 2. The Hall–Kier alpha value is -2.71. The van der Waals surface area contributed by atoms with Crippen molar-refractivity contribution in [3.63, 3.8) is 0 Å². The van der Waals surface area contributed by atoms with Gasteiger partial charge in [-0.15, -0.1) is 11.8 Å². The third-order valence-corrected chi connectivity index (χ3v) is 4.56. The Morgan fingerprint density at radius 1 is 1.07 bits per heavy atom. The largest absolute Gasteiger partial charge is 0.497 e. The molecule has 2 amide bonds. The molecule has 27 heavy (non-hydrogen) atoms. The summed E-state index contributed by atoms with van der Waals surface area (Å²) in [4.78, 5) is 25.1. The number of aliphatic hydroxyl groups is 1. The number of thioether (sulfide) groups is 1. The van der Waals surface area contributed by atoms with Crippen LogP contribution in [0.4, 0.5) is 5.69 Å². The number of hydrogen-bond acceptors (Lipinski definition) is 6. The van der Waals surface area contributed by atoms with Gasteiger partial charge < -0.3 is 25.2 Å². The number of hydrogen-bond donors (Lipinski definition) is 3. The molecule has 1 atom stereocenters. The fourth-order valence-electron chi connectivity index (χ4n) is 2.29. The molecule has 2 aromatic rings. The Kier molecular flexibility index (Phi) is 7.51. The van der Waals surface area contributed by atoms with Crippen molar-refractivity contribution in [2.24, 2.45) is 0 Å². The summed E-state index contributed by atoms with van der Waals surface area (Å²) in [7, 11) is 2.96. The van der Waals surface area contributed by atoms with E-state index in [1.54, 1.807) is 42.1 Å². The molecule has 0 heterocycles. The summed E-state index contributed by atoms with van der Waals surface area (Å²) in [5.74, 6) is -0.787. The number of aliphatic hydroxyl groups excluding tert-OH is 1. The van der Waals surface area contributed by atoms with Crippen LogP contribution in [0.5, 0.6) is 11.5 Å². The van der Waals surface area contributed by atoms with Crippen molar-refractivity contribution in [3.05, 3.63) is 48.0 Å². The number of rotatable bonds is 7. The molecule has 0 unspecified atom stereocenters. The number of anilines is 1. The number of ether oxygens (including phenoxy) is 2. The molecule has 2 rings (SSSR count). The van der Waals surface area contributed by atoms with Crippen molar-refractivity contribution >= 4 is 29.3 Å². The normalized spacial score (nSPS) is 11.4. The summed E-state index contributed by atoms with van der Waals surface area (Å²) < 4.78 is 10.3. The maximum Gasteiger partial charge on any atom is 0.313 e. The Morgan fingerprint density at radius 2 is 1.78 bits per heavy atom. The highest BCUT2D eigenvalue weighted by atomic mass is 32.2. The van der Waals surface area contributed by atoms with Gasteiger partial charge in [-0.1, -0.05) is 12.1 Å². The molecule has 0 aromatic heterocycles. The van der Waals surface area contributed by atoms with Crippen molar-refractivity contribution in [1.82, 2.24) is 5.32 Å². The van der Waals surface area contributed by atoms with Crippen molar-refractivity contribution in [2.45, 2.75) is 11.0 Å². The summed E-state index contributed by atoms with van der Waals surface area (Å²) in [6.07, 6.45) is 1.05. The Balaban J connectivity index is 1.92. The van der Waals surface area contributed by atoms with Gasteiger partial charge in [0.25, 0.3) is 0 Å².